The van der Waals surface area contributed by atoms with Gasteiger partial charge in [0.2, 0.25) is 0 Å². The summed E-state index contributed by atoms with van der Waals surface area (Å²) in [6, 6.07) is 0. The summed E-state index contributed by atoms with van der Waals surface area (Å²) in [5.74, 6) is -0.906. The molecular weight excluding hydrogens is 1010 g/mol. The number of unbranched alkanes of at least 4 members (excludes halogenated alkanes) is 31. The monoisotopic (exact) mass is 1140 g/mol. The van der Waals surface area contributed by atoms with Crippen molar-refractivity contribution in [3.63, 3.8) is 0 Å². The Kier molecular flexibility index (Phi) is 65.8. The first-order valence-electron chi connectivity index (χ1n) is 34.5. The fraction of sp³-hybridized carbons (Fsp3) is 0.697. The van der Waals surface area contributed by atoms with Gasteiger partial charge in [-0.3, -0.25) is 14.4 Å². The summed E-state index contributed by atoms with van der Waals surface area (Å²) in [7, 11) is 0. The Morgan fingerprint density at radius 3 is 0.756 bits per heavy atom. The smallest absolute Gasteiger partial charge is 0.306 e. The normalized spacial score (nSPS) is 12.9. The maximum absolute atomic E-state index is 12.9. The number of allylic oxidation sites excluding steroid dienone is 20. The van der Waals surface area contributed by atoms with Gasteiger partial charge in [0.25, 0.3) is 0 Å². The third kappa shape index (κ3) is 66.6. The van der Waals surface area contributed by atoms with Gasteiger partial charge in [0.15, 0.2) is 6.10 Å². The fourth-order valence-electron chi connectivity index (χ4n) is 9.62. The zero-order chi connectivity index (χ0) is 59.2. The highest BCUT2D eigenvalue weighted by Gasteiger charge is 2.19. The van der Waals surface area contributed by atoms with Crippen molar-refractivity contribution < 1.29 is 28.6 Å². The SMILES string of the molecule is CC/C=C\C/C=C\C/C=C\C/C=C\C/C=C\C/C=C\C/C=C\CCCCCCCCCCCCCCCC(=O)OCC(COC(=O)CCCCC/C=C\C/C=C\C/C=C\CC)OC(=O)CCCCCCCCCCCCCCCCCC. The van der Waals surface area contributed by atoms with E-state index in [2.05, 4.69) is 142 Å². The van der Waals surface area contributed by atoms with Gasteiger partial charge in [0.05, 0.1) is 0 Å². The number of esters is 3. The second kappa shape index (κ2) is 69.3. The summed E-state index contributed by atoms with van der Waals surface area (Å²) in [6.45, 7) is 6.41. The molecule has 6 heteroatoms. The standard InChI is InChI=1S/C76H128O6/c1-4-7-10-13-16-19-22-25-27-29-30-31-32-33-34-35-36-37-38-39-40-41-42-43-44-45-46-47-49-51-54-57-60-63-66-69-75(78)81-72-73(71-80-74(77)68-65-62-59-56-53-50-24-21-18-15-12-9-6-3)82-76(79)70-67-64-61-58-55-52-48-28-26-23-20-17-14-11-8-5-2/h7,9-10,12,16,18-19,21,25,27,30-31,33-34,36-37,39-40,50,53,73H,4-6,8,11,13-15,17,20,22-24,26,28-29,32,35,38,41-49,51-52,54-72H2,1-3H3/b10-7-,12-9-,19-16-,21-18-,27-25-,31-30-,34-33-,37-36-,40-39-,53-50-. The Hall–Kier alpha value is -4.19. The van der Waals surface area contributed by atoms with Gasteiger partial charge in [0, 0.05) is 19.3 Å². The maximum Gasteiger partial charge on any atom is 0.306 e. The molecule has 0 amide bonds. The van der Waals surface area contributed by atoms with E-state index >= 15 is 0 Å². The molecule has 1 unspecified atom stereocenters. The first-order chi connectivity index (χ1) is 40.5. The maximum atomic E-state index is 12.9. The number of hydrogen-bond donors (Lipinski definition) is 0. The molecule has 0 aliphatic heterocycles. The first kappa shape index (κ1) is 77.8. The Morgan fingerprint density at radius 1 is 0.256 bits per heavy atom. The van der Waals surface area contributed by atoms with Crippen molar-refractivity contribution in [2.45, 2.75) is 329 Å². The van der Waals surface area contributed by atoms with Gasteiger partial charge in [-0.15, -0.1) is 0 Å². The lowest BCUT2D eigenvalue weighted by atomic mass is 10.0. The molecule has 0 aromatic carbocycles. The van der Waals surface area contributed by atoms with Crippen LogP contribution in [0.1, 0.15) is 323 Å². The van der Waals surface area contributed by atoms with Crippen LogP contribution in [0.4, 0.5) is 0 Å². The fourth-order valence-corrected chi connectivity index (χ4v) is 9.62. The molecule has 0 aliphatic carbocycles. The number of hydrogen-bond acceptors (Lipinski definition) is 6. The number of carbonyl (C=O) groups is 3. The molecule has 0 fully saturated rings. The highest BCUT2D eigenvalue weighted by atomic mass is 16.6. The van der Waals surface area contributed by atoms with Crippen molar-refractivity contribution in [1.29, 1.82) is 0 Å². The zero-order valence-electron chi connectivity index (χ0n) is 53.7. The molecule has 0 radical (unpaired) electrons. The van der Waals surface area contributed by atoms with E-state index in [1.54, 1.807) is 0 Å². The van der Waals surface area contributed by atoms with Gasteiger partial charge in [-0.25, -0.2) is 0 Å². The highest BCUT2D eigenvalue weighted by molar-refractivity contribution is 5.71. The molecule has 0 aromatic rings. The van der Waals surface area contributed by atoms with Gasteiger partial charge in [0.1, 0.15) is 13.2 Å². The molecule has 0 rings (SSSR count). The van der Waals surface area contributed by atoms with Crippen molar-refractivity contribution in [2.24, 2.45) is 0 Å². The van der Waals surface area contributed by atoms with E-state index in [1.165, 1.54) is 154 Å². The minimum atomic E-state index is -0.790. The summed E-state index contributed by atoms with van der Waals surface area (Å²) in [6.07, 6.45) is 96.6. The number of carbonyl (C=O) groups excluding carboxylic acids is 3. The summed E-state index contributed by atoms with van der Waals surface area (Å²) in [5.41, 5.74) is 0. The second-order valence-corrected chi connectivity index (χ2v) is 22.7. The van der Waals surface area contributed by atoms with Crippen LogP contribution in [0.2, 0.25) is 0 Å². The van der Waals surface area contributed by atoms with Gasteiger partial charge in [-0.05, 0) is 109 Å². The molecule has 0 saturated carbocycles. The van der Waals surface area contributed by atoms with E-state index in [9.17, 15) is 14.4 Å². The highest BCUT2D eigenvalue weighted by Crippen LogP contribution is 2.17. The third-order valence-electron chi connectivity index (χ3n) is 14.7. The summed E-state index contributed by atoms with van der Waals surface area (Å²) >= 11 is 0. The molecule has 6 nitrogen and oxygen atoms in total. The molecule has 0 aliphatic rings. The minimum Gasteiger partial charge on any atom is -0.462 e. The van der Waals surface area contributed by atoms with E-state index in [4.69, 9.17) is 14.2 Å². The van der Waals surface area contributed by atoms with Crippen LogP contribution in [-0.4, -0.2) is 37.2 Å². The van der Waals surface area contributed by atoms with E-state index in [0.29, 0.717) is 19.3 Å². The predicted octanol–water partition coefficient (Wildman–Crippen LogP) is 23.9. The predicted molar refractivity (Wildman–Crippen MR) is 357 cm³/mol. The molecule has 0 bridgehead atoms. The average molecular weight is 1140 g/mol. The van der Waals surface area contributed by atoms with Gasteiger partial charge in [-0.1, -0.05) is 316 Å². The van der Waals surface area contributed by atoms with Crippen molar-refractivity contribution in [3.8, 4) is 0 Å². The Balaban J connectivity index is 4.19. The van der Waals surface area contributed by atoms with E-state index in [-0.39, 0.29) is 31.1 Å². The van der Waals surface area contributed by atoms with Crippen molar-refractivity contribution in [1.82, 2.24) is 0 Å². The van der Waals surface area contributed by atoms with Gasteiger partial charge in [-0.2, -0.15) is 0 Å². The molecule has 0 N–H and O–H groups in total. The molecule has 82 heavy (non-hydrogen) atoms. The third-order valence-corrected chi connectivity index (χ3v) is 14.7. The average Bonchev–Trinajstić information content (AvgIpc) is 3.47. The van der Waals surface area contributed by atoms with Crippen LogP contribution in [0.5, 0.6) is 0 Å². The molecule has 0 aromatic heterocycles. The lowest BCUT2D eigenvalue weighted by molar-refractivity contribution is -0.167. The molecule has 0 heterocycles. The second-order valence-electron chi connectivity index (χ2n) is 22.7. The summed E-state index contributed by atoms with van der Waals surface area (Å²) < 4.78 is 16.9. The van der Waals surface area contributed by atoms with Crippen LogP contribution < -0.4 is 0 Å². The van der Waals surface area contributed by atoms with Crippen LogP contribution in [0, 0.1) is 0 Å². The summed E-state index contributed by atoms with van der Waals surface area (Å²) in [5, 5.41) is 0. The molecule has 0 spiro atoms. The lowest BCUT2D eigenvalue weighted by Gasteiger charge is -2.18. The van der Waals surface area contributed by atoms with Crippen molar-refractivity contribution in [2.75, 3.05) is 13.2 Å². The lowest BCUT2D eigenvalue weighted by Crippen LogP contribution is -2.30. The van der Waals surface area contributed by atoms with E-state index in [0.717, 1.165) is 128 Å². The Morgan fingerprint density at radius 2 is 0.476 bits per heavy atom. The van der Waals surface area contributed by atoms with Crippen LogP contribution in [0.3, 0.4) is 0 Å². The van der Waals surface area contributed by atoms with Crippen LogP contribution in [0.25, 0.3) is 0 Å². The number of rotatable bonds is 62. The van der Waals surface area contributed by atoms with E-state index < -0.39 is 6.10 Å². The van der Waals surface area contributed by atoms with Crippen LogP contribution >= 0.6 is 0 Å². The number of ether oxygens (including phenoxy) is 3. The first-order valence-corrected chi connectivity index (χ1v) is 34.5. The Labute approximate surface area is 507 Å². The van der Waals surface area contributed by atoms with Gasteiger partial charge >= 0.3 is 17.9 Å². The van der Waals surface area contributed by atoms with Gasteiger partial charge < -0.3 is 14.2 Å². The van der Waals surface area contributed by atoms with Crippen LogP contribution in [0.15, 0.2) is 122 Å². The molecule has 468 valence electrons. The zero-order valence-corrected chi connectivity index (χ0v) is 53.7. The Bertz CT molecular complexity index is 1690. The quantitative estimate of drug-likeness (QED) is 0.0261. The molecular formula is C76H128O6. The van der Waals surface area contributed by atoms with Crippen LogP contribution in [-0.2, 0) is 28.6 Å². The van der Waals surface area contributed by atoms with E-state index in [1.807, 2.05) is 0 Å². The minimum absolute atomic E-state index is 0.0859. The van der Waals surface area contributed by atoms with Crippen molar-refractivity contribution >= 4 is 17.9 Å². The van der Waals surface area contributed by atoms with Crippen molar-refractivity contribution in [3.05, 3.63) is 122 Å². The topological polar surface area (TPSA) is 78.9 Å². The largest absolute Gasteiger partial charge is 0.462 e. The molecule has 0 saturated heterocycles. The summed E-state index contributed by atoms with van der Waals surface area (Å²) in [4.78, 5) is 38.3. The molecule has 1 atom stereocenters.